The smallest absolute Gasteiger partial charge is 0.340 e. The lowest BCUT2D eigenvalue weighted by Gasteiger charge is -2.38. The van der Waals surface area contributed by atoms with Gasteiger partial charge in [-0.3, -0.25) is 0 Å². The first kappa shape index (κ1) is 20.4. The lowest BCUT2D eigenvalue weighted by Crippen LogP contribution is -2.34. The van der Waals surface area contributed by atoms with Gasteiger partial charge in [-0.1, -0.05) is 18.2 Å². The van der Waals surface area contributed by atoms with E-state index in [1.807, 2.05) is 69.4 Å². The summed E-state index contributed by atoms with van der Waals surface area (Å²) in [6.45, 7) is 0. The minimum Gasteiger partial charge on any atom is -0.506 e. The molecule has 1 spiro atoms. The molecule has 2 N–H and O–H groups in total. The normalized spacial score (nSPS) is 18.7. The molecule has 0 bridgehead atoms. The van der Waals surface area contributed by atoms with E-state index in [0.29, 0.717) is 31.6 Å². The topological polar surface area (TPSA) is 76.0 Å². The molecule has 2 aliphatic rings. The zero-order chi connectivity index (χ0) is 20.7. The number of ether oxygens (including phenoxy) is 2. The van der Waals surface area contributed by atoms with Crippen molar-refractivity contribution in [3.05, 3.63) is 72.9 Å². The number of halogens is 4. The van der Waals surface area contributed by atoms with Gasteiger partial charge in [0, 0.05) is 14.7 Å². The molecule has 9 heteroatoms. The fourth-order valence-corrected chi connectivity index (χ4v) is 7.49. The van der Waals surface area contributed by atoms with E-state index in [0.717, 1.165) is 7.14 Å². The summed E-state index contributed by atoms with van der Waals surface area (Å²) >= 11 is 8.26. The molecule has 29 heavy (non-hydrogen) atoms. The lowest BCUT2D eigenvalue weighted by atomic mass is 9.77. The van der Waals surface area contributed by atoms with Crippen molar-refractivity contribution in [1.29, 1.82) is 0 Å². The van der Waals surface area contributed by atoms with Crippen LogP contribution in [0.3, 0.4) is 0 Å². The van der Waals surface area contributed by atoms with Crippen molar-refractivity contribution in [3.63, 3.8) is 0 Å². The maximum absolute atomic E-state index is 12.9. The van der Waals surface area contributed by atoms with Gasteiger partial charge >= 0.3 is 5.97 Å². The average molecular weight is 836 g/mol. The van der Waals surface area contributed by atoms with Gasteiger partial charge in [-0.25, -0.2) is 4.79 Å². The Morgan fingerprint density at radius 1 is 0.862 bits per heavy atom. The third kappa shape index (κ3) is 2.68. The van der Waals surface area contributed by atoms with Crippen LogP contribution in [0.1, 0.15) is 27.0 Å². The predicted molar refractivity (Wildman–Crippen MR) is 139 cm³/mol. The first-order chi connectivity index (χ1) is 13.8. The van der Waals surface area contributed by atoms with Gasteiger partial charge in [0.25, 0.3) is 0 Å². The fraction of sp³-hybridized carbons (Fsp3) is 0.0500. The Bertz CT molecular complexity index is 1260. The first-order valence-corrected chi connectivity index (χ1v) is 12.5. The number of phenolic OH excluding ortho intramolecular Hbond substituents is 2. The number of hydrogen-bond donors (Lipinski definition) is 2. The van der Waals surface area contributed by atoms with Crippen LogP contribution < -0.4 is 4.74 Å². The van der Waals surface area contributed by atoms with Crippen molar-refractivity contribution in [2.75, 3.05) is 0 Å². The zero-order valence-corrected chi connectivity index (χ0v) is 22.7. The number of carbonyl (C=O) groups excluding carboxylic acids is 1. The van der Waals surface area contributed by atoms with E-state index >= 15 is 0 Å². The molecule has 0 aromatic heterocycles. The maximum atomic E-state index is 12.9. The fourth-order valence-electron chi connectivity index (χ4n) is 3.83. The standard InChI is InChI=1S/C20H8I4O5/c21-7-5-10-17(11(22)6-7)28-18-12(15(25)13(23)16(26)14(18)24)20(10)9-4-2-1-3-8(9)19(27)29-20/h1-6,25-26H. The first-order valence-electron chi connectivity index (χ1n) is 8.21. The van der Waals surface area contributed by atoms with Crippen molar-refractivity contribution in [2.24, 2.45) is 0 Å². The Labute approximate surface area is 219 Å². The van der Waals surface area contributed by atoms with Gasteiger partial charge in [0.1, 0.15) is 17.2 Å². The predicted octanol–water partition coefficient (Wildman–Crippen LogP) is 6.08. The van der Waals surface area contributed by atoms with E-state index in [9.17, 15) is 15.0 Å². The van der Waals surface area contributed by atoms with Crippen LogP contribution in [-0.4, -0.2) is 16.2 Å². The Morgan fingerprint density at radius 2 is 1.59 bits per heavy atom. The van der Waals surface area contributed by atoms with Crippen LogP contribution in [0.5, 0.6) is 23.0 Å². The van der Waals surface area contributed by atoms with Crippen LogP contribution in [0.4, 0.5) is 0 Å². The lowest BCUT2D eigenvalue weighted by molar-refractivity contribution is 0.0215. The monoisotopic (exact) mass is 836 g/mol. The molecule has 1 unspecified atom stereocenters. The summed E-state index contributed by atoms with van der Waals surface area (Å²) in [7, 11) is 0. The molecule has 2 aliphatic heterocycles. The van der Waals surface area contributed by atoms with Crippen molar-refractivity contribution in [1.82, 2.24) is 0 Å². The summed E-state index contributed by atoms with van der Waals surface area (Å²) in [6.07, 6.45) is 0. The molecular weight excluding hydrogens is 828 g/mol. The van der Waals surface area contributed by atoms with Crippen LogP contribution >= 0.6 is 90.4 Å². The highest BCUT2D eigenvalue weighted by atomic mass is 127. The van der Waals surface area contributed by atoms with Crippen molar-refractivity contribution < 1.29 is 24.5 Å². The van der Waals surface area contributed by atoms with Crippen molar-refractivity contribution in [2.45, 2.75) is 5.60 Å². The Kier molecular flexibility index (Phi) is 4.90. The maximum Gasteiger partial charge on any atom is 0.340 e. The number of rotatable bonds is 0. The zero-order valence-electron chi connectivity index (χ0n) is 14.1. The number of hydrogen-bond acceptors (Lipinski definition) is 5. The second-order valence-corrected chi connectivity index (χ2v) is 11.1. The third-order valence-electron chi connectivity index (χ3n) is 5.00. The van der Waals surface area contributed by atoms with Crippen LogP contribution in [0.15, 0.2) is 36.4 Å². The Balaban J connectivity index is 2.02. The quantitative estimate of drug-likeness (QED) is 0.212. The number of fused-ring (bicyclic) bond motifs is 6. The van der Waals surface area contributed by atoms with Crippen LogP contribution in [0, 0.1) is 14.3 Å². The number of aromatic hydroxyl groups is 2. The van der Waals surface area contributed by atoms with E-state index < -0.39 is 11.6 Å². The van der Waals surface area contributed by atoms with Crippen LogP contribution in [0.2, 0.25) is 0 Å². The molecule has 0 amide bonds. The third-order valence-corrected chi connectivity index (χ3v) is 8.45. The van der Waals surface area contributed by atoms with Gasteiger partial charge < -0.3 is 19.7 Å². The molecule has 1 atom stereocenters. The summed E-state index contributed by atoms with van der Waals surface area (Å²) < 4.78 is 14.8. The molecule has 3 aromatic rings. The second kappa shape index (κ2) is 6.98. The SMILES string of the molecule is O=C1OC2(c3ccccc31)c1cc(I)cc(I)c1Oc1c(I)c(O)c(I)c(O)c12. The van der Waals surface area contributed by atoms with Gasteiger partial charge in [0.2, 0.25) is 0 Å². The highest BCUT2D eigenvalue weighted by molar-refractivity contribution is 14.1. The molecule has 146 valence electrons. The molecular formula is C20H8I4O5. The summed E-state index contributed by atoms with van der Waals surface area (Å²) in [5.74, 6) is 0.130. The molecule has 0 aliphatic carbocycles. The molecule has 3 aromatic carbocycles. The molecule has 0 saturated heterocycles. The summed E-state index contributed by atoms with van der Waals surface area (Å²) in [4.78, 5) is 12.9. The number of esters is 1. The van der Waals surface area contributed by atoms with E-state index in [4.69, 9.17) is 9.47 Å². The van der Waals surface area contributed by atoms with E-state index in [1.165, 1.54) is 0 Å². The highest BCUT2D eigenvalue weighted by Crippen LogP contribution is 2.62. The van der Waals surface area contributed by atoms with Gasteiger partial charge in [-0.05, 0) is 109 Å². The van der Waals surface area contributed by atoms with E-state index in [1.54, 1.807) is 12.1 Å². The minimum atomic E-state index is -1.37. The minimum absolute atomic E-state index is 0.0702. The Morgan fingerprint density at radius 3 is 2.34 bits per heavy atom. The van der Waals surface area contributed by atoms with Gasteiger partial charge in [-0.15, -0.1) is 0 Å². The molecule has 2 heterocycles. The van der Waals surface area contributed by atoms with Gasteiger partial charge in [0.15, 0.2) is 11.4 Å². The summed E-state index contributed by atoms with van der Waals surface area (Å²) in [6, 6.07) is 11.0. The summed E-state index contributed by atoms with van der Waals surface area (Å²) in [5, 5.41) is 21.6. The number of phenols is 2. The van der Waals surface area contributed by atoms with Gasteiger partial charge in [0.05, 0.1) is 21.8 Å². The Hall–Kier alpha value is -0.550. The number of carbonyl (C=O) groups is 1. The van der Waals surface area contributed by atoms with E-state index in [2.05, 4.69) is 45.2 Å². The molecule has 0 radical (unpaired) electrons. The molecule has 5 nitrogen and oxygen atoms in total. The average Bonchev–Trinajstić information content (AvgIpc) is 2.99. The number of benzene rings is 3. The second-order valence-electron chi connectivity index (χ2n) is 6.51. The van der Waals surface area contributed by atoms with Crippen molar-refractivity contribution in [3.8, 4) is 23.0 Å². The molecule has 0 saturated carbocycles. The largest absolute Gasteiger partial charge is 0.506 e. The van der Waals surface area contributed by atoms with Gasteiger partial charge in [-0.2, -0.15) is 0 Å². The highest BCUT2D eigenvalue weighted by Gasteiger charge is 2.56. The molecule has 0 fully saturated rings. The summed E-state index contributed by atoms with van der Waals surface area (Å²) in [5.41, 5.74) is 0.689. The van der Waals surface area contributed by atoms with E-state index in [-0.39, 0.29) is 20.8 Å². The van der Waals surface area contributed by atoms with Crippen LogP contribution in [-0.2, 0) is 10.3 Å². The van der Waals surface area contributed by atoms with Crippen LogP contribution in [0.25, 0.3) is 0 Å². The van der Waals surface area contributed by atoms with Crippen molar-refractivity contribution >= 4 is 96.3 Å². The molecule has 5 rings (SSSR count).